The maximum absolute atomic E-state index is 12.0. The van der Waals surface area contributed by atoms with Gasteiger partial charge in [-0.25, -0.2) is 8.42 Å². The van der Waals surface area contributed by atoms with Gasteiger partial charge in [-0.15, -0.1) is 0 Å². The van der Waals surface area contributed by atoms with E-state index in [1.165, 1.54) is 0 Å². The molecular weight excluding hydrogens is 270 g/mol. The van der Waals surface area contributed by atoms with Crippen molar-refractivity contribution in [2.75, 3.05) is 25.1 Å². The lowest BCUT2D eigenvalue weighted by Crippen LogP contribution is -2.50. The van der Waals surface area contributed by atoms with Gasteiger partial charge < -0.3 is 4.74 Å². The van der Waals surface area contributed by atoms with Gasteiger partial charge in [-0.05, 0) is 12.8 Å². The van der Waals surface area contributed by atoms with E-state index in [0.29, 0.717) is 25.1 Å². The van der Waals surface area contributed by atoms with E-state index in [0.717, 1.165) is 12.8 Å². The zero-order valence-corrected chi connectivity index (χ0v) is 10.3. The predicted molar refractivity (Wildman–Crippen MR) is 57.0 cm³/mol. The Hall–Kier alpha value is 0.350. The molecule has 0 aromatic rings. The number of hydrogen-bond acceptors (Lipinski definition) is 3. The Morgan fingerprint density at radius 1 is 1.43 bits per heavy atom. The molecule has 82 valence electrons. The minimum Gasteiger partial charge on any atom is -0.378 e. The van der Waals surface area contributed by atoms with Crippen molar-refractivity contribution in [2.24, 2.45) is 0 Å². The molecule has 0 N–H and O–H groups in total. The molecule has 14 heavy (non-hydrogen) atoms. The van der Waals surface area contributed by atoms with Crippen LogP contribution in [0.3, 0.4) is 0 Å². The summed E-state index contributed by atoms with van der Waals surface area (Å²) in [6, 6.07) is -0.0191. The van der Waals surface area contributed by atoms with E-state index in [2.05, 4.69) is 15.9 Å². The van der Waals surface area contributed by atoms with Gasteiger partial charge in [-0.3, -0.25) is 0 Å². The minimum absolute atomic E-state index is 0.0191. The van der Waals surface area contributed by atoms with Gasteiger partial charge >= 0.3 is 0 Å². The first-order valence-corrected chi connectivity index (χ1v) is 7.43. The summed E-state index contributed by atoms with van der Waals surface area (Å²) >= 11 is 3.33. The highest BCUT2D eigenvalue weighted by Gasteiger charge is 2.43. The van der Waals surface area contributed by atoms with Crippen molar-refractivity contribution in [3.63, 3.8) is 0 Å². The lowest BCUT2D eigenvalue weighted by atomic mass is 10.3. The maximum Gasteiger partial charge on any atom is 0.217 e. The van der Waals surface area contributed by atoms with Crippen molar-refractivity contribution >= 4 is 26.0 Å². The van der Waals surface area contributed by atoms with Crippen LogP contribution in [0.5, 0.6) is 0 Å². The fourth-order valence-electron chi connectivity index (χ4n) is 1.65. The van der Waals surface area contributed by atoms with Crippen molar-refractivity contribution in [3.8, 4) is 0 Å². The third-order valence-electron chi connectivity index (χ3n) is 2.62. The van der Waals surface area contributed by atoms with Crippen molar-refractivity contribution in [3.05, 3.63) is 0 Å². The van der Waals surface area contributed by atoms with E-state index in [4.69, 9.17) is 4.74 Å². The molecule has 1 saturated carbocycles. The summed E-state index contributed by atoms with van der Waals surface area (Å²) in [5.41, 5.74) is 0. The van der Waals surface area contributed by atoms with Crippen LogP contribution in [0.25, 0.3) is 0 Å². The second-order valence-corrected chi connectivity index (χ2v) is 6.55. The van der Waals surface area contributed by atoms with Crippen molar-refractivity contribution in [2.45, 2.75) is 24.1 Å². The second-order valence-electron chi connectivity index (χ2n) is 3.74. The van der Waals surface area contributed by atoms with Crippen LogP contribution >= 0.6 is 15.9 Å². The van der Waals surface area contributed by atoms with Crippen LogP contribution in [0.4, 0.5) is 0 Å². The largest absolute Gasteiger partial charge is 0.378 e. The normalized spacial score (nSPS) is 30.5. The van der Waals surface area contributed by atoms with E-state index in [9.17, 15) is 8.42 Å². The molecule has 2 aliphatic rings. The number of alkyl halides is 1. The van der Waals surface area contributed by atoms with E-state index in [1.807, 2.05) is 0 Å². The molecule has 1 aliphatic heterocycles. The Morgan fingerprint density at radius 3 is 2.71 bits per heavy atom. The number of morpholine rings is 1. The summed E-state index contributed by atoms with van der Waals surface area (Å²) in [5, 5.41) is 0.543. The van der Waals surface area contributed by atoms with Gasteiger partial charge in [0.05, 0.1) is 24.5 Å². The highest BCUT2D eigenvalue weighted by molar-refractivity contribution is 9.09. The third kappa shape index (κ3) is 1.98. The Kier molecular flexibility index (Phi) is 3.16. The predicted octanol–water partition coefficient (Wildman–Crippen LogP) is 0.574. The molecule has 1 atom stereocenters. The van der Waals surface area contributed by atoms with Gasteiger partial charge in [-0.2, -0.15) is 4.31 Å². The van der Waals surface area contributed by atoms with Gasteiger partial charge in [0.25, 0.3) is 0 Å². The molecule has 1 unspecified atom stereocenters. The molecule has 0 bridgehead atoms. The van der Waals surface area contributed by atoms with Crippen LogP contribution in [0, 0.1) is 0 Å². The number of hydrogen-bond donors (Lipinski definition) is 0. The molecule has 0 spiro atoms. The van der Waals surface area contributed by atoms with Crippen molar-refractivity contribution in [1.29, 1.82) is 0 Å². The van der Waals surface area contributed by atoms with Gasteiger partial charge in [0, 0.05) is 11.9 Å². The number of nitrogens with zero attached hydrogens (tertiary/aromatic N) is 1. The first kappa shape index (κ1) is 10.9. The number of ether oxygens (including phenoxy) is 1. The molecule has 0 aromatic heterocycles. The zero-order chi connectivity index (χ0) is 10.2. The lowest BCUT2D eigenvalue weighted by Gasteiger charge is -2.33. The zero-order valence-electron chi connectivity index (χ0n) is 7.86. The van der Waals surface area contributed by atoms with Gasteiger partial charge in [-0.1, -0.05) is 15.9 Å². The van der Waals surface area contributed by atoms with Crippen LogP contribution in [-0.4, -0.2) is 49.1 Å². The molecule has 2 fully saturated rings. The molecule has 0 radical (unpaired) electrons. The molecule has 1 heterocycles. The summed E-state index contributed by atoms with van der Waals surface area (Å²) in [7, 11) is -3.03. The molecular formula is C8H14BrNO3S. The van der Waals surface area contributed by atoms with Gasteiger partial charge in [0.15, 0.2) is 0 Å². The summed E-state index contributed by atoms with van der Waals surface area (Å²) in [6.07, 6.45) is 1.66. The van der Waals surface area contributed by atoms with Gasteiger partial charge in [0.2, 0.25) is 10.0 Å². The van der Waals surface area contributed by atoms with Crippen LogP contribution in [-0.2, 0) is 14.8 Å². The first-order chi connectivity index (χ1) is 6.66. The SMILES string of the molecule is O=S(=O)(C1CC1)N1CCOCC1CBr. The number of sulfonamides is 1. The Bertz CT molecular complexity index is 302. The van der Waals surface area contributed by atoms with E-state index >= 15 is 0 Å². The highest BCUT2D eigenvalue weighted by atomic mass is 79.9. The average Bonchev–Trinajstić information content (AvgIpc) is 3.01. The number of rotatable bonds is 3. The fourth-order valence-corrected chi connectivity index (χ4v) is 4.38. The fraction of sp³-hybridized carbons (Fsp3) is 1.00. The lowest BCUT2D eigenvalue weighted by molar-refractivity contribution is 0.0412. The molecule has 1 aliphatic carbocycles. The Balaban J connectivity index is 2.13. The summed E-state index contributed by atoms with van der Waals surface area (Å²) in [4.78, 5) is 0. The smallest absolute Gasteiger partial charge is 0.217 e. The van der Waals surface area contributed by atoms with E-state index < -0.39 is 10.0 Å². The quantitative estimate of drug-likeness (QED) is 0.712. The molecule has 6 heteroatoms. The molecule has 4 nitrogen and oxygen atoms in total. The monoisotopic (exact) mass is 283 g/mol. The number of halogens is 1. The highest BCUT2D eigenvalue weighted by Crippen LogP contribution is 2.32. The Labute approximate surface area is 92.8 Å². The molecule has 1 saturated heterocycles. The third-order valence-corrected chi connectivity index (χ3v) is 5.82. The van der Waals surface area contributed by atoms with Gasteiger partial charge in [0.1, 0.15) is 0 Å². The molecule has 0 amide bonds. The first-order valence-electron chi connectivity index (χ1n) is 4.80. The van der Waals surface area contributed by atoms with Crippen LogP contribution in [0.15, 0.2) is 0 Å². The minimum atomic E-state index is -3.03. The topological polar surface area (TPSA) is 46.6 Å². The van der Waals surface area contributed by atoms with Crippen LogP contribution in [0.1, 0.15) is 12.8 Å². The van der Waals surface area contributed by atoms with E-state index in [1.54, 1.807) is 4.31 Å². The second kappa shape index (κ2) is 4.08. The molecule has 0 aromatic carbocycles. The van der Waals surface area contributed by atoms with Crippen LogP contribution in [0.2, 0.25) is 0 Å². The summed E-state index contributed by atoms with van der Waals surface area (Å²) in [6.45, 7) is 1.54. The summed E-state index contributed by atoms with van der Waals surface area (Å²) < 4.78 is 30.8. The maximum atomic E-state index is 12.0. The molecule has 2 rings (SSSR count). The van der Waals surface area contributed by atoms with Crippen LogP contribution < -0.4 is 0 Å². The standard InChI is InChI=1S/C8H14BrNO3S/c9-5-7-6-13-4-3-10(7)14(11,12)8-1-2-8/h7-8H,1-6H2. The van der Waals surface area contributed by atoms with Crippen molar-refractivity contribution < 1.29 is 13.2 Å². The van der Waals surface area contributed by atoms with Crippen molar-refractivity contribution in [1.82, 2.24) is 4.31 Å². The van der Waals surface area contributed by atoms with E-state index in [-0.39, 0.29) is 11.3 Å². The summed E-state index contributed by atoms with van der Waals surface area (Å²) in [5.74, 6) is 0. The Morgan fingerprint density at radius 2 is 2.14 bits per heavy atom. The average molecular weight is 284 g/mol.